The lowest BCUT2D eigenvalue weighted by Crippen LogP contribution is -2.36. The molecule has 0 saturated carbocycles. The number of hydrogen-bond donors (Lipinski definition) is 0. The zero-order chi connectivity index (χ0) is 10.8. The van der Waals surface area contributed by atoms with Crippen LogP contribution in [0.4, 0.5) is 0 Å². The molecule has 2 atom stereocenters. The second-order valence-electron chi connectivity index (χ2n) is 4.47. The van der Waals surface area contributed by atoms with Crippen LogP contribution in [0.15, 0.2) is 0 Å². The summed E-state index contributed by atoms with van der Waals surface area (Å²) in [6, 6.07) is 0.505. The molecule has 14 heavy (non-hydrogen) atoms. The van der Waals surface area contributed by atoms with E-state index < -0.39 is 9.84 Å². The van der Waals surface area contributed by atoms with Crippen molar-refractivity contribution < 1.29 is 8.42 Å². The molecule has 1 aliphatic rings. The highest BCUT2D eigenvalue weighted by molar-refractivity contribution is 7.91. The van der Waals surface area contributed by atoms with E-state index in [1.54, 1.807) is 0 Å². The van der Waals surface area contributed by atoms with Gasteiger partial charge in [0.15, 0.2) is 9.84 Å². The fraction of sp³-hybridized carbons (Fsp3) is 1.00. The van der Waals surface area contributed by atoms with Gasteiger partial charge in [0.2, 0.25) is 0 Å². The monoisotopic (exact) mass is 219 g/mol. The summed E-state index contributed by atoms with van der Waals surface area (Å²) >= 11 is 0. The van der Waals surface area contributed by atoms with E-state index in [0.29, 0.717) is 24.1 Å². The van der Waals surface area contributed by atoms with Crippen LogP contribution in [-0.4, -0.2) is 44.0 Å². The summed E-state index contributed by atoms with van der Waals surface area (Å²) in [5, 5.41) is 0. The van der Waals surface area contributed by atoms with Crippen LogP contribution in [0.25, 0.3) is 0 Å². The van der Waals surface area contributed by atoms with Crippen LogP contribution in [-0.2, 0) is 9.84 Å². The van der Waals surface area contributed by atoms with Crippen molar-refractivity contribution in [3.05, 3.63) is 0 Å². The lowest BCUT2D eigenvalue weighted by atomic mass is 10.1. The SMILES string of the molecule is CC[C@@H](C)N1CCS(=O)(=O)C[C@@H](C)C1. The van der Waals surface area contributed by atoms with E-state index in [4.69, 9.17) is 0 Å². The maximum atomic E-state index is 11.5. The molecule has 0 amide bonds. The van der Waals surface area contributed by atoms with Crippen molar-refractivity contribution in [1.82, 2.24) is 4.90 Å². The van der Waals surface area contributed by atoms with Gasteiger partial charge in [-0.25, -0.2) is 8.42 Å². The van der Waals surface area contributed by atoms with Gasteiger partial charge in [0.1, 0.15) is 0 Å². The van der Waals surface area contributed by atoms with Crippen molar-refractivity contribution >= 4 is 9.84 Å². The smallest absolute Gasteiger partial charge is 0.151 e. The third-order valence-electron chi connectivity index (χ3n) is 2.99. The molecule has 0 unspecified atom stereocenters. The standard InChI is InChI=1S/C10H21NO2S/c1-4-10(3)11-5-6-14(12,13)8-9(2)7-11/h9-10H,4-8H2,1-3H3/t9-,10+/m0/s1. The van der Waals surface area contributed by atoms with Crippen LogP contribution in [0, 0.1) is 5.92 Å². The number of nitrogens with zero attached hydrogens (tertiary/aromatic N) is 1. The zero-order valence-electron chi connectivity index (χ0n) is 9.36. The summed E-state index contributed by atoms with van der Waals surface area (Å²) in [6.07, 6.45) is 1.09. The molecule has 0 aromatic heterocycles. The van der Waals surface area contributed by atoms with Gasteiger partial charge in [-0.15, -0.1) is 0 Å². The molecule has 3 nitrogen and oxygen atoms in total. The lowest BCUT2D eigenvalue weighted by Gasteiger charge is -2.27. The molecular weight excluding hydrogens is 198 g/mol. The second kappa shape index (κ2) is 4.62. The van der Waals surface area contributed by atoms with E-state index in [1.165, 1.54) is 0 Å². The molecule has 1 saturated heterocycles. The Morgan fingerprint density at radius 1 is 1.50 bits per heavy atom. The van der Waals surface area contributed by atoms with Gasteiger partial charge >= 0.3 is 0 Å². The predicted molar refractivity (Wildman–Crippen MR) is 59.1 cm³/mol. The van der Waals surface area contributed by atoms with Crippen LogP contribution < -0.4 is 0 Å². The molecule has 84 valence electrons. The summed E-state index contributed by atoms with van der Waals surface area (Å²) < 4.78 is 23.0. The first-order valence-corrected chi connectivity index (χ1v) is 7.21. The third-order valence-corrected chi connectivity index (χ3v) is 4.87. The minimum atomic E-state index is -2.78. The van der Waals surface area contributed by atoms with Gasteiger partial charge in [-0.1, -0.05) is 13.8 Å². The first-order valence-electron chi connectivity index (χ1n) is 5.39. The Morgan fingerprint density at radius 3 is 2.71 bits per heavy atom. The van der Waals surface area contributed by atoms with E-state index in [2.05, 4.69) is 18.7 Å². The van der Waals surface area contributed by atoms with Crippen molar-refractivity contribution in [3.8, 4) is 0 Å². The fourth-order valence-corrected chi connectivity index (χ4v) is 3.63. The van der Waals surface area contributed by atoms with Crippen molar-refractivity contribution in [3.63, 3.8) is 0 Å². The maximum Gasteiger partial charge on any atom is 0.151 e. The largest absolute Gasteiger partial charge is 0.299 e. The minimum Gasteiger partial charge on any atom is -0.299 e. The average Bonchev–Trinajstić information content (AvgIpc) is 2.22. The highest BCUT2D eigenvalue weighted by atomic mass is 32.2. The summed E-state index contributed by atoms with van der Waals surface area (Å²) in [5.74, 6) is 0.971. The highest BCUT2D eigenvalue weighted by Gasteiger charge is 2.25. The summed E-state index contributed by atoms with van der Waals surface area (Å²) in [7, 11) is -2.78. The van der Waals surface area contributed by atoms with E-state index in [1.807, 2.05) is 6.92 Å². The Balaban J connectivity index is 2.67. The molecule has 0 bridgehead atoms. The Morgan fingerprint density at radius 2 is 2.14 bits per heavy atom. The number of sulfone groups is 1. The average molecular weight is 219 g/mol. The van der Waals surface area contributed by atoms with Crippen molar-refractivity contribution in [2.45, 2.75) is 33.2 Å². The molecular formula is C10H21NO2S. The van der Waals surface area contributed by atoms with E-state index in [9.17, 15) is 8.42 Å². The Bertz CT molecular complexity index is 274. The fourth-order valence-electron chi connectivity index (χ4n) is 1.98. The van der Waals surface area contributed by atoms with Gasteiger partial charge in [0.05, 0.1) is 11.5 Å². The van der Waals surface area contributed by atoms with E-state index >= 15 is 0 Å². The topological polar surface area (TPSA) is 37.4 Å². The first-order chi connectivity index (χ1) is 6.44. The van der Waals surface area contributed by atoms with E-state index in [0.717, 1.165) is 13.0 Å². The molecule has 0 aromatic rings. The zero-order valence-corrected chi connectivity index (χ0v) is 10.2. The summed E-state index contributed by atoms with van der Waals surface area (Å²) in [5.41, 5.74) is 0. The maximum absolute atomic E-state index is 11.5. The van der Waals surface area contributed by atoms with Gasteiger partial charge in [0.25, 0.3) is 0 Å². The second-order valence-corrected chi connectivity index (χ2v) is 6.70. The van der Waals surface area contributed by atoms with Gasteiger partial charge in [0, 0.05) is 19.1 Å². The summed E-state index contributed by atoms with van der Waals surface area (Å²) in [4.78, 5) is 2.30. The first kappa shape index (κ1) is 12.0. The highest BCUT2D eigenvalue weighted by Crippen LogP contribution is 2.14. The molecule has 1 fully saturated rings. The molecule has 0 spiro atoms. The van der Waals surface area contributed by atoms with Gasteiger partial charge in [-0.3, -0.25) is 4.90 Å². The molecule has 1 rings (SSSR count). The van der Waals surface area contributed by atoms with Crippen LogP contribution in [0.5, 0.6) is 0 Å². The molecule has 0 aromatic carbocycles. The quantitative estimate of drug-likeness (QED) is 0.699. The Labute approximate surface area is 87.4 Å². The summed E-state index contributed by atoms with van der Waals surface area (Å²) in [6.45, 7) is 7.98. The van der Waals surface area contributed by atoms with Gasteiger partial charge < -0.3 is 0 Å². The van der Waals surface area contributed by atoms with Crippen LogP contribution in [0.1, 0.15) is 27.2 Å². The Kier molecular flexibility index (Phi) is 3.95. The Hall–Kier alpha value is -0.0900. The van der Waals surface area contributed by atoms with Gasteiger partial charge in [-0.2, -0.15) is 0 Å². The third kappa shape index (κ3) is 3.24. The molecule has 4 heteroatoms. The minimum absolute atomic E-state index is 0.275. The van der Waals surface area contributed by atoms with Crippen molar-refractivity contribution in [2.75, 3.05) is 24.6 Å². The molecule has 0 aliphatic carbocycles. The van der Waals surface area contributed by atoms with Crippen molar-refractivity contribution in [1.29, 1.82) is 0 Å². The van der Waals surface area contributed by atoms with Crippen LogP contribution >= 0.6 is 0 Å². The number of hydrogen-bond acceptors (Lipinski definition) is 3. The normalized spacial score (nSPS) is 30.9. The van der Waals surface area contributed by atoms with Crippen molar-refractivity contribution in [2.24, 2.45) is 5.92 Å². The molecule has 1 heterocycles. The predicted octanol–water partition coefficient (Wildman–Crippen LogP) is 1.15. The molecule has 0 radical (unpaired) electrons. The van der Waals surface area contributed by atoms with E-state index in [-0.39, 0.29) is 5.92 Å². The molecule has 0 N–H and O–H groups in total. The number of rotatable bonds is 2. The van der Waals surface area contributed by atoms with Gasteiger partial charge in [-0.05, 0) is 19.3 Å². The van der Waals surface area contributed by atoms with Crippen LogP contribution in [0.3, 0.4) is 0 Å². The van der Waals surface area contributed by atoms with Crippen LogP contribution in [0.2, 0.25) is 0 Å². The lowest BCUT2D eigenvalue weighted by molar-refractivity contribution is 0.198. The molecule has 1 aliphatic heterocycles.